The second-order valence-corrected chi connectivity index (χ2v) is 8.92. The first-order valence-electron chi connectivity index (χ1n) is 8.73. The molecule has 0 amide bonds. The van der Waals surface area contributed by atoms with Crippen LogP contribution in [0.3, 0.4) is 0 Å². The molecule has 0 aromatic heterocycles. The summed E-state index contributed by atoms with van der Waals surface area (Å²) in [6.07, 6.45) is 2.27. The van der Waals surface area contributed by atoms with Gasteiger partial charge in [-0.15, -0.1) is 0 Å². The molecule has 0 aromatic rings. The Kier molecular flexibility index (Phi) is 13.2. The largest absolute Gasteiger partial charge is 0.483 e. The average molecular weight is 458 g/mol. The van der Waals surface area contributed by atoms with E-state index in [0.29, 0.717) is 12.8 Å². The van der Waals surface area contributed by atoms with Gasteiger partial charge in [0.15, 0.2) is 0 Å². The van der Waals surface area contributed by atoms with Crippen molar-refractivity contribution in [1.82, 2.24) is 0 Å². The average Bonchev–Trinajstić information content (AvgIpc) is 2.60. The van der Waals surface area contributed by atoms with Gasteiger partial charge in [0.05, 0.1) is 25.4 Å². The number of phosphoric ester groups is 1. The lowest BCUT2D eigenvalue weighted by Gasteiger charge is -2.19. The summed E-state index contributed by atoms with van der Waals surface area (Å²) >= 11 is 0. The van der Waals surface area contributed by atoms with E-state index in [4.69, 9.17) is 28.3 Å². The summed E-state index contributed by atoms with van der Waals surface area (Å²) < 4.78 is 47.4. The summed E-state index contributed by atoms with van der Waals surface area (Å²) in [5.74, 6) is -1.18. The predicted octanol–water partition coefficient (Wildman–Crippen LogP) is 3.03. The molecule has 2 N–H and O–H groups in total. The summed E-state index contributed by atoms with van der Waals surface area (Å²) in [6, 6.07) is 0. The van der Waals surface area contributed by atoms with E-state index in [1.807, 2.05) is 0 Å². The van der Waals surface area contributed by atoms with Crippen LogP contribution < -0.4 is 0 Å². The van der Waals surface area contributed by atoms with Crippen molar-refractivity contribution in [3.05, 3.63) is 25.3 Å². The van der Waals surface area contributed by atoms with E-state index in [1.54, 1.807) is 13.8 Å². The van der Waals surface area contributed by atoms with Gasteiger partial charge in [-0.1, -0.05) is 13.2 Å². The Morgan fingerprint density at radius 1 is 0.897 bits per heavy atom. The molecule has 0 radical (unpaired) electrons. The number of rotatable bonds is 16. The Bertz CT molecular complexity index is 603. The van der Waals surface area contributed by atoms with E-state index < -0.39 is 39.8 Å². The van der Waals surface area contributed by atoms with Crippen LogP contribution in [-0.2, 0) is 41.6 Å². The molecule has 168 valence electrons. The molecular formula is C16H28O11P2. The van der Waals surface area contributed by atoms with Crippen molar-refractivity contribution in [2.24, 2.45) is 0 Å². The van der Waals surface area contributed by atoms with Gasteiger partial charge in [0.25, 0.3) is 0 Å². The minimum atomic E-state index is -5.14. The molecule has 0 spiro atoms. The lowest BCUT2D eigenvalue weighted by molar-refractivity contribution is -0.143. The third-order valence-corrected chi connectivity index (χ3v) is 5.83. The highest BCUT2D eigenvalue weighted by molar-refractivity contribution is 7.61. The minimum absolute atomic E-state index is 0.222. The van der Waals surface area contributed by atoms with Crippen LogP contribution in [0.2, 0.25) is 0 Å². The lowest BCUT2D eigenvalue weighted by atomic mass is 10.2. The zero-order chi connectivity index (χ0) is 22.5. The fourth-order valence-corrected chi connectivity index (χ4v) is 4.12. The molecule has 0 bridgehead atoms. The van der Waals surface area contributed by atoms with Crippen molar-refractivity contribution in [2.45, 2.75) is 51.7 Å². The van der Waals surface area contributed by atoms with Gasteiger partial charge in [-0.05, 0) is 39.5 Å². The number of hydrogen-bond acceptors (Lipinski definition) is 9. The summed E-state index contributed by atoms with van der Waals surface area (Å²) in [5, 5.41) is 0. The van der Waals surface area contributed by atoms with E-state index in [2.05, 4.69) is 17.5 Å². The van der Waals surface area contributed by atoms with Crippen LogP contribution in [-0.4, -0.2) is 47.1 Å². The Morgan fingerprint density at radius 3 is 1.59 bits per heavy atom. The Hall–Kier alpha value is -1.32. The van der Waals surface area contributed by atoms with Crippen molar-refractivity contribution >= 4 is 27.6 Å². The molecule has 0 aromatic carbocycles. The van der Waals surface area contributed by atoms with Crippen molar-refractivity contribution in [2.75, 3.05) is 13.2 Å². The lowest BCUT2D eigenvalue weighted by Crippen LogP contribution is -2.14. The topological polar surface area (TPSA) is 155 Å². The van der Waals surface area contributed by atoms with Gasteiger partial charge in [0.1, 0.15) is 0 Å². The van der Waals surface area contributed by atoms with Gasteiger partial charge >= 0.3 is 27.6 Å². The molecule has 2 atom stereocenters. The van der Waals surface area contributed by atoms with Crippen LogP contribution in [0.5, 0.6) is 0 Å². The number of phosphoric acid groups is 2. The van der Waals surface area contributed by atoms with E-state index in [0.717, 1.165) is 12.2 Å². The number of carbonyl (C=O) groups is 2. The van der Waals surface area contributed by atoms with E-state index >= 15 is 0 Å². The van der Waals surface area contributed by atoms with Gasteiger partial charge in [0.2, 0.25) is 0 Å². The van der Waals surface area contributed by atoms with E-state index in [1.165, 1.54) is 0 Å². The molecule has 0 heterocycles. The van der Waals surface area contributed by atoms with Crippen molar-refractivity contribution in [3.63, 3.8) is 0 Å². The quantitative estimate of drug-likeness (QED) is 0.152. The van der Waals surface area contributed by atoms with Gasteiger partial charge in [-0.3, -0.25) is 9.05 Å². The van der Waals surface area contributed by atoms with Gasteiger partial charge < -0.3 is 19.3 Å². The Morgan fingerprint density at radius 2 is 1.28 bits per heavy atom. The van der Waals surface area contributed by atoms with Crippen LogP contribution in [0, 0.1) is 0 Å². The van der Waals surface area contributed by atoms with Crippen molar-refractivity contribution in [1.29, 1.82) is 0 Å². The van der Waals surface area contributed by atoms with Crippen LogP contribution in [0.25, 0.3) is 0 Å². The second-order valence-electron chi connectivity index (χ2n) is 5.87. The van der Waals surface area contributed by atoms with Crippen LogP contribution in [0.1, 0.15) is 39.5 Å². The smallest absolute Gasteiger partial charge is 0.460 e. The highest BCUT2D eigenvalue weighted by atomic mass is 31.3. The summed E-state index contributed by atoms with van der Waals surface area (Å²) in [7, 11) is -9.68. The highest BCUT2D eigenvalue weighted by Crippen LogP contribution is 2.61. The van der Waals surface area contributed by atoms with Gasteiger partial charge in [0, 0.05) is 12.2 Å². The molecule has 0 saturated carbocycles. The third-order valence-electron chi connectivity index (χ3n) is 3.18. The molecule has 13 heteroatoms. The maximum absolute atomic E-state index is 12.4. The maximum Gasteiger partial charge on any atom is 0.483 e. The maximum atomic E-state index is 12.4. The molecular weight excluding hydrogens is 430 g/mol. The van der Waals surface area contributed by atoms with Gasteiger partial charge in [-0.25, -0.2) is 18.7 Å². The zero-order valence-corrected chi connectivity index (χ0v) is 18.2. The molecule has 0 rings (SSSR count). The van der Waals surface area contributed by atoms with Gasteiger partial charge in [-0.2, -0.15) is 4.31 Å². The fraction of sp³-hybridized carbons (Fsp3) is 0.625. The van der Waals surface area contributed by atoms with Crippen molar-refractivity contribution in [3.8, 4) is 0 Å². The second kappa shape index (κ2) is 13.8. The van der Waals surface area contributed by atoms with Crippen LogP contribution >= 0.6 is 15.6 Å². The molecule has 0 aliphatic carbocycles. The Balaban J connectivity index is 4.47. The molecule has 2 unspecified atom stereocenters. The number of ether oxygens (including phenoxy) is 2. The molecule has 0 fully saturated rings. The molecule has 0 aliphatic heterocycles. The van der Waals surface area contributed by atoms with E-state index in [9.17, 15) is 18.7 Å². The number of hydrogen-bond donors (Lipinski definition) is 2. The number of esters is 2. The van der Waals surface area contributed by atoms with E-state index in [-0.39, 0.29) is 26.1 Å². The first-order valence-corrected chi connectivity index (χ1v) is 11.7. The Labute approximate surface area is 169 Å². The standard InChI is InChI=1S/C16H28O11P2/c1-5-15(17)25-13(3)9-7-11-23-29(22,27-28(19,20)21)24-12-8-10-14(4)26-16(18)6-2/h5-6,13-14H,1-2,7-12H2,3-4H3,(H2,19,20,21). The third kappa shape index (κ3) is 15.2. The highest BCUT2D eigenvalue weighted by Gasteiger charge is 2.35. The zero-order valence-electron chi connectivity index (χ0n) is 16.4. The SMILES string of the molecule is C=CC(=O)OC(C)CCCOP(=O)(OCCCC(C)OC(=O)C=C)OP(=O)(O)O. The molecule has 11 nitrogen and oxygen atoms in total. The van der Waals surface area contributed by atoms with Crippen LogP contribution in [0.15, 0.2) is 25.3 Å². The first-order chi connectivity index (χ1) is 13.4. The monoisotopic (exact) mass is 458 g/mol. The van der Waals surface area contributed by atoms with Crippen molar-refractivity contribution < 1.29 is 51.3 Å². The number of carbonyl (C=O) groups excluding carboxylic acids is 2. The predicted molar refractivity (Wildman–Crippen MR) is 103 cm³/mol. The van der Waals surface area contributed by atoms with Crippen LogP contribution in [0.4, 0.5) is 0 Å². The normalized spacial score (nSPS) is 15.6. The summed E-state index contributed by atoms with van der Waals surface area (Å²) in [5.41, 5.74) is 0. The molecule has 0 saturated heterocycles. The molecule has 0 aliphatic rings. The fourth-order valence-electron chi connectivity index (χ4n) is 1.92. The summed E-state index contributed by atoms with van der Waals surface area (Å²) in [4.78, 5) is 40.0. The molecule has 29 heavy (non-hydrogen) atoms. The summed E-state index contributed by atoms with van der Waals surface area (Å²) in [6.45, 7) is 9.35. The minimum Gasteiger partial charge on any atom is -0.460 e. The first kappa shape index (κ1) is 27.7.